The Hall–Kier alpha value is -1.08. The number of unbranched alkanes of at least 4 members (excludes halogenated alkanes) is 7. The lowest BCUT2D eigenvalue weighted by atomic mass is 9.89. The molecule has 0 saturated carbocycles. The van der Waals surface area contributed by atoms with Gasteiger partial charge in [-0.2, -0.15) is 0 Å². The molecule has 0 aliphatic carbocycles. The minimum Gasteiger partial charge on any atom is -0.381 e. The molecule has 0 aliphatic heterocycles. The van der Waals surface area contributed by atoms with E-state index in [2.05, 4.69) is 58.5 Å². The van der Waals surface area contributed by atoms with Crippen LogP contribution in [0, 0.1) is 17.3 Å². The molecule has 4 heteroatoms. The second-order valence-corrected chi connectivity index (χ2v) is 8.08. The van der Waals surface area contributed by atoms with Crippen LogP contribution in [0.1, 0.15) is 84.3 Å². The lowest BCUT2D eigenvalue weighted by Crippen LogP contribution is -2.03. The number of nitrogens with zero attached hydrogens (tertiary/aromatic N) is 2. The highest BCUT2D eigenvalue weighted by Crippen LogP contribution is 2.22. The fourth-order valence-corrected chi connectivity index (χ4v) is 2.65. The zero-order valence-corrected chi connectivity index (χ0v) is 16.4. The molecule has 1 aromatic heterocycles. The molecule has 0 saturated heterocycles. The maximum Gasteiger partial charge on any atom is 0.158 e. The Bertz CT molecular complexity index is 524. The van der Waals surface area contributed by atoms with Crippen LogP contribution < -0.4 is 5.73 Å². The van der Waals surface area contributed by atoms with Crippen molar-refractivity contribution in [3.8, 4) is 11.8 Å². The zero-order valence-electron chi connectivity index (χ0n) is 14.8. The minimum atomic E-state index is 0.399. The van der Waals surface area contributed by atoms with Crippen molar-refractivity contribution in [3.63, 3.8) is 0 Å². The van der Waals surface area contributed by atoms with Gasteiger partial charge in [0, 0.05) is 6.42 Å². The molecule has 3 nitrogen and oxygen atoms in total. The summed E-state index contributed by atoms with van der Waals surface area (Å²) in [6.07, 6.45) is 13.0. The van der Waals surface area contributed by atoms with Crippen LogP contribution in [0.25, 0.3) is 0 Å². The predicted octanol–water partition coefficient (Wildman–Crippen LogP) is 5.73. The van der Waals surface area contributed by atoms with Crippen molar-refractivity contribution < 1.29 is 0 Å². The smallest absolute Gasteiger partial charge is 0.158 e. The van der Waals surface area contributed by atoms with Gasteiger partial charge in [0.05, 0.1) is 6.20 Å². The van der Waals surface area contributed by atoms with Crippen LogP contribution in [0.4, 0.5) is 5.82 Å². The van der Waals surface area contributed by atoms with Crippen molar-refractivity contribution in [1.29, 1.82) is 0 Å². The number of nitrogens with two attached hydrogens (primary N) is 1. The van der Waals surface area contributed by atoms with Gasteiger partial charge in [0.15, 0.2) is 11.5 Å². The van der Waals surface area contributed by atoms with Gasteiger partial charge in [-0.15, -0.1) is 0 Å². The van der Waals surface area contributed by atoms with Crippen LogP contribution in [-0.2, 0) is 0 Å². The van der Waals surface area contributed by atoms with Gasteiger partial charge in [-0.1, -0.05) is 65.2 Å². The molecule has 2 N–H and O–H groups in total. The van der Waals surface area contributed by atoms with Gasteiger partial charge in [-0.05, 0) is 40.1 Å². The molecule has 0 bridgehead atoms. The third-order valence-electron chi connectivity index (χ3n) is 3.71. The maximum absolute atomic E-state index is 5.74. The van der Waals surface area contributed by atoms with Gasteiger partial charge in [0.1, 0.15) is 4.60 Å². The topological polar surface area (TPSA) is 51.8 Å². The standard InChI is InChI=1S/C19H30BrN3/c1-19(2,3)14-12-10-8-6-4-5-7-9-11-13-16-18(21)22-15-17(20)23-16/h15H,4-10,12,14H2,1-3H3,(H2,21,22). The summed E-state index contributed by atoms with van der Waals surface area (Å²) in [6, 6.07) is 0. The summed E-state index contributed by atoms with van der Waals surface area (Å²) in [5, 5.41) is 0. The first-order valence-corrected chi connectivity index (χ1v) is 9.45. The first kappa shape index (κ1) is 20.0. The van der Waals surface area contributed by atoms with Gasteiger partial charge in [0.2, 0.25) is 0 Å². The summed E-state index contributed by atoms with van der Waals surface area (Å²) in [6.45, 7) is 6.96. The quantitative estimate of drug-likeness (QED) is 0.463. The molecule has 0 unspecified atom stereocenters. The van der Waals surface area contributed by atoms with Gasteiger partial charge in [-0.25, -0.2) is 9.97 Å². The molecule has 1 heterocycles. The molecule has 0 radical (unpaired) electrons. The minimum absolute atomic E-state index is 0.399. The van der Waals surface area contributed by atoms with Crippen molar-refractivity contribution in [2.45, 2.75) is 78.6 Å². The molecule has 0 fully saturated rings. The van der Waals surface area contributed by atoms with Crippen LogP contribution in [0.15, 0.2) is 10.8 Å². The average Bonchev–Trinajstić information content (AvgIpc) is 2.47. The number of hydrogen-bond donors (Lipinski definition) is 1. The van der Waals surface area contributed by atoms with E-state index < -0.39 is 0 Å². The van der Waals surface area contributed by atoms with Crippen molar-refractivity contribution in [3.05, 3.63) is 16.5 Å². The molecule has 0 spiro atoms. The Kier molecular flexibility index (Phi) is 9.24. The Morgan fingerprint density at radius 1 is 1.04 bits per heavy atom. The highest BCUT2D eigenvalue weighted by atomic mass is 79.9. The van der Waals surface area contributed by atoms with E-state index >= 15 is 0 Å². The number of rotatable bonds is 8. The first-order chi connectivity index (χ1) is 10.9. The lowest BCUT2D eigenvalue weighted by Gasteiger charge is -2.17. The van der Waals surface area contributed by atoms with Crippen molar-refractivity contribution >= 4 is 21.7 Å². The van der Waals surface area contributed by atoms with Crippen molar-refractivity contribution in [2.75, 3.05) is 5.73 Å². The molecule has 23 heavy (non-hydrogen) atoms. The lowest BCUT2D eigenvalue weighted by molar-refractivity contribution is 0.356. The molecule has 1 aromatic rings. The predicted molar refractivity (Wildman–Crippen MR) is 102 cm³/mol. The number of halogens is 1. The SMILES string of the molecule is CC(C)(C)CCCCCCCCCC#Cc1nc(Br)cnc1N. The Morgan fingerprint density at radius 2 is 1.65 bits per heavy atom. The summed E-state index contributed by atoms with van der Waals surface area (Å²) < 4.78 is 0.669. The maximum atomic E-state index is 5.74. The zero-order chi connectivity index (χ0) is 17.1. The van der Waals surface area contributed by atoms with Crippen molar-refractivity contribution in [1.82, 2.24) is 9.97 Å². The number of nitrogen functional groups attached to an aromatic ring is 1. The number of hydrogen-bond acceptors (Lipinski definition) is 3. The normalized spacial score (nSPS) is 11.1. The van der Waals surface area contributed by atoms with E-state index in [0.29, 0.717) is 21.5 Å². The van der Waals surface area contributed by atoms with E-state index in [-0.39, 0.29) is 0 Å². The second kappa shape index (κ2) is 10.6. The second-order valence-electron chi connectivity index (χ2n) is 7.26. The van der Waals surface area contributed by atoms with Crippen LogP contribution in [-0.4, -0.2) is 9.97 Å². The van der Waals surface area contributed by atoms with Gasteiger partial charge >= 0.3 is 0 Å². The van der Waals surface area contributed by atoms with Crippen LogP contribution in [0.5, 0.6) is 0 Å². The van der Waals surface area contributed by atoms with E-state index in [0.717, 1.165) is 12.8 Å². The largest absolute Gasteiger partial charge is 0.381 e. The van der Waals surface area contributed by atoms with E-state index in [1.165, 1.54) is 44.9 Å². The summed E-state index contributed by atoms with van der Waals surface area (Å²) in [4.78, 5) is 8.24. The Balaban J connectivity index is 2.04. The van der Waals surface area contributed by atoms with Gasteiger partial charge in [0.25, 0.3) is 0 Å². The summed E-state index contributed by atoms with van der Waals surface area (Å²) in [7, 11) is 0. The molecule has 1 rings (SSSR count). The molecular weight excluding hydrogens is 350 g/mol. The van der Waals surface area contributed by atoms with E-state index in [1.54, 1.807) is 6.20 Å². The van der Waals surface area contributed by atoms with Gasteiger partial charge < -0.3 is 5.73 Å². The molecule has 0 aromatic carbocycles. The van der Waals surface area contributed by atoms with Crippen LogP contribution in [0.3, 0.4) is 0 Å². The highest BCUT2D eigenvalue weighted by molar-refractivity contribution is 9.10. The fraction of sp³-hybridized carbons (Fsp3) is 0.684. The highest BCUT2D eigenvalue weighted by Gasteiger charge is 2.08. The van der Waals surface area contributed by atoms with E-state index in [9.17, 15) is 0 Å². The average molecular weight is 380 g/mol. The molecular formula is C19H30BrN3. The summed E-state index contributed by atoms with van der Waals surface area (Å²) >= 11 is 3.28. The van der Waals surface area contributed by atoms with Crippen molar-refractivity contribution in [2.24, 2.45) is 5.41 Å². The number of aromatic nitrogens is 2. The summed E-state index contributed by atoms with van der Waals surface area (Å²) in [5.41, 5.74) is 6.79. The Labute approximate surface area is 150 Å². The fourth-order valence-electron chi connectivity index (χ4n) is 2.37. The molecule has 0 aliphatic rings. The first-order valence-electron chi connectivity index (χ1n) is 8.65. The third kappa shape index (κ3) is 10.3. The molecule has 0 atom stereocenters. The molecule has 128 valence electrons. The monoisotopic (exact) mass is 379 g/mol. The van der Waals surface area contributed by atoms with E-state index in [1.807, 2.05) is 0 Å². The Morgan fingerprint density at radius 3 is 2.30 bits per heavy atom. The number of anilines is 1. The van der Waals surface area contributed by atoms with Gasteiger partial charge in [-0.3, -0.25) is 0 Å². The van der Waals surface area contributed by atoms with Crippen LogP contribution in [0.2, 0.25) is 0 Å². The summed E-state index contributed by atoms with van der Waals surface area (Å²) in [5.74, 6) is 6.55. The molecule has 0 amide bonds. The third-order valence-corrected chi connectivity index (χ3v) is 4.09. The van der Waals surface area contributed by atoms with E-state index in [4.69, 9.17) is 5.73 Å². The van der Waals surface area contributed by atoms with Crippen LogP contribution >= 0.6 is 15.9 Å².